The summed E-state index contributed by atoms with van der Waals surface area (Å²) in [6.45, 7) is 2.91. The topological polar surface area (TPSA) is 55.1 Å². The number of carbonyl (C=O) groups is 1. The molecule has 0 saturated heterocycles. The molecule has 1 aromatic heterocycles. The van der Waals surface area contributed by atoms with Gasteiger partial charge in [-0.15, -0.1) is 0 Å². The summed E-state index contributed by atoms with van der Waals surface area (Å²) in [5, 5.41) is 6.85. The van der Waals surface area contributed by atoms with E-state index in [-0.39, 0.29) is 11.7 Å². The maximum atomic E-state index is 12.0. The van der Waals surface area contributed by atoms with E-state index in [1.807, 2.05) is 30.3 Å². The van der Waals surface area contributed by atoms with Crippen molar-refractivity contribution in [3.05, 3.63) is 42.2 Å². The quantitative estimate of drug-likeness (QED) is 0.639. The maximum Gasteiger partial charge on any atom is 0.289 e. The first kappa shape index (κ1) is 17.3. The second kappa shape index (κ2) is 9.82. The minimum Gasteiger partial charge on any atom is -0.350 e. The highest BCUT2D eigenvalue weighted by molar-refractivity contribution is 5.92. The number of amides is 1. The summed E-state index contributed by atoms with van der Waals surface area (Å²) >= 11 is 0. The highest BCUT2D eigenvalue weighted by Gasteiger charge is 2.13. The minimum atomic E-state index is -0.189. The predicted octanol–water partition coefficient (Wildman–Crippen LogP) is 4.82. The van der Waals surface area contributed by atoms with Gasteiger partial charge in [0.15, 0.2) is 0 Å². The summed E-state index contributed by atoms with van der Waals surface area (Å²) in [4.78, 5) is 12.0. The van der Waals surface area contributed by atoms with Gasteiger partial charge in [-0.1, -0.05) is 80.9 Å². The molecule has 0 unspecified atom stereocenters. The average Bonchev–Trinajstić information content (AvgIpc) is 3.08. The third-order valence-electron chi connectivity index (χ3n) is 3.87. The van der Waals surface area contributed by atoms with Gasteiger partial charge in [-0.2, -0.15) is 0 Å². The predicted molar refractivity (Wildman–Crippen MR) is 92.3 cm³/mol. The summed E-state index contributed by atoms with van der Waals surface area (Å²) in [7, 11) is 0. The highest BCUT2D eigenvalue weighted by atomic mass is 16.5. The normalized spacial score (nSPS) is 10.7. The van der Waals surface area contributed by atoms with Gasteiger partial charge < -0.3 is 9.84 Å². The molecule has 0 aliphatic heterocycles. The zero-order valence-corrected chi connectivity index (χ0v) is 13.9. The lowest BCUT2D eigenvalue weighted by Gasteiger charge is -2.03. The van der Waals surface area contributed by atoms with E-state index in [0.717, 1.165) is 18.4 Å². The Kier molecular flexibility index (Phi) is 7.37. The first-order chi connectivity index (χ1) is 11.3. The van der Waals surface area contributed by atoms with Crippen molar-refractivity contribution in [2.45, 2.75) is 51.9 Å². The molecule has 0 bridgehead atoms. The Morgan fingerprint density at radius 2 is 1.74 bits per heavy atom. The number of carbonyl (C=O) groups excluding carboxylic acids is 1. The van der Waals surface area contributed by atoms with Crippen molar-refractivity contribution in [1.29, 1.82) is 0 Å². The number of hydrogen-bond acceptors (Lipinski definition) is 3. The summed E-state index contributed by atoms with van der Waals surface area (Å²) in [6.07, 6.45) is 8.64. The van der Waals surface area contributed by atoms with Crippen molar-refractivity contribution in [1.82, 2.24) is 10.5 Å². The molecule has 4 nitrogen and oxygen atoms in total. The summed E-state index contributed by atoms with van der Waals surface area (Å²) in [5.74, 6) is 0.0810. The van der Waals surface area contributed by atoms with Gasteiger partial charge in [-0.25, -0.2) is 0 Å². The fraction of sp³-hybridized carbons (Fsp3) is 0.474. The Labute approximate surface area is 138 Å². The first-order valence-electron chi connectivity index (χ1n) is 8.61. The second-order valence-corrected chi connectivity index (χ2v) is 5.82. The van der Waals surface area contributed by atoms with Gasteiger partial charge in [0, 0.05) is 18.2 Å². The minimum absolute atomic E-state index is 0.189. The van der Waals surface area contributed by atoms with E-state index in [1.165, 1.54) is 32.1 Å². The molecule has 2 rings (SSSR count). The van der Waals surface area contributed by atoms with Crippen molar-refractivity contribution in [3.63, 3.8) is 0 Å². The molecule has 2 aromatic rings. The van der Waals surface area contributed by atoms with Crippen LogP contribution in [0, 0.1) is 0 Å². The molecule has 1 heterocycles. The number of nitrogens with one attached hydrogen (secondary N) is 1. The zero-order valence-electron chi connectivity index (χ0n) is 13.9. The average molecular weight is 314 g/mol. The monoisotopic (exact) mass is 314 g/mol. The number of rotatable bonds is 10. The lowest BCUT2D eigenvalue weighted by atomic mass is 10.1. The van der Waals surface area contributed by atoms with Crippen LogP contribution in [0.1, 0.15) is 62.4 Å². The van der Waals surface area contributed by atoms with Crippen LogP contribution in [0.5, 0.6) is 0 Å². The van der Waals surface area contributed by atoms with Crippen molar-refractivity contribution in [2.24, 2.45) is 0 Å². The van der Waals surface area contributed by atoms with Crippen LogP contribution in [-0.4, -0.2) is 17.6 Å². The van der Waals surface area contributed by atoms with Crippen LogP contribution in [0.3, 0.4) is 0 Å². The van der Waals surface area contributed by atoms with Crippen LogP contribution in [0.25, 0.3) is 11.3 Å². The van der Waals surface area contributed by atoms with Gasteiger partial charge in [0.1, 0.15) is 5.69 Å². The Hall–Kier alpha value is -2.10. The fourth-order valence-electron chi connectivity index (χ4n) is 2.50. The number of benzene rings is 1. The Morgan fingerprint density at radius 3 is 2.48 bits per heavy atom. The SMILES string of the molecule is CCCCCCCCCNC(=O)c1cc(-c2ccccc2)no1. The van der Waals surface area contributed by atoms with Crippen LogP contribution in [0.15, 0.2) is 40.9 Å². The van der Waals surface area contributed by atoms with Crippen LogP contribution >= 0.6 is 0 Å². The zero-order chi connectivity index (χ0) is 16.3. The molecule has 1 amide bonds. The van der Waals surface area contributed by atoms with E-state index in [4.69, 9.17) is 4.52 Å². The van der Waals surface area contributed by atoms with Crippen LogP contribution in [-0.2, 0) is 0 Å². The lowest BCUT2D eigenvalue weighted by molar-refractivity contribution is 0.0916. The van der Waals surface area contributed by atoms with Gasteiger partial charge in [-0.05, 0) is 6.42 Å². The van der Waals surface area contributed by atoms with Crippen molar-refractivity contribution in [2.75, 3.05) is 6.54 Å². The number of aromatic nitrogens is 1. The standard InChI is InChI=1S/C19H26N2O2/c1-2-3-4-5-6-7-11-14-20-19(22)18-15-17(21-23-18)16-12-9-8-10-13-16/h8-10,12-13,15H,2-7,11,14H2,1H3,(H,20,22). The Morgan fingerprint density at radius 1 is 1.04 bits per heavy atom. The number of hydrogen-bond donors (Lipinski definition) is 1. The molecule has 0 saturated carbocycles. The molecule has 0 spiro atoms. The van der Waals surface area contributed by atoms with E-state index in [2.05, 4.69) is 17.4 Å². The molecular weight excluding hydrogens is 288 g/mol. The number of nitrogens with zero attached hydrogens (tertiary/aromatic N) is 1. The van der Waals surface area contributed by atoms with Crippen molar-refractivity contribution < 1.29 is 9.32 Å². The van der Waals surface area contributed by atoms with Crippen LogP contribution in [0.4, 0.5) is 0 Å². The third kappa shape index (κ3) is 5.89. The molecule has 0 aliphatic rings. The van der Waals surface area contributed by atoms with Crippen LogP contribution < -0.4 is 5.32 Å². The molecule has 1 N–H and O–H groups in total. The molecule has 124 valence electrons. The highest BCUT2D eigenvalue weighted by Crippen LogP contribution is 2.18. The summed E-state index contributed by atoms with van der Waals surface area (Å²) < 4.78 is 5.14. The van der Waals surface area contributed by atoms with Crippen molar-refractivity contribution >= 4 is 5.91 Å². The smallest absolute Gasteiger partial charge is 0.289 e. The molecule has 1 aromatic carbocycles. The van der Waals surface area contributed by atoms with Crippen LogP contribution in [0.2, 0.25) is 0 Å². The summed E-state index contributed by atoms with van der Waals surface area (Å²) in [5.41, 5.74) is 1.63. The second-order valence-electron chi connectivity index (χ2n) is 5.82. The molecule has 0 fully saturated rings. The molecular formula is C19H26N2O2. The van der Waals surface area contributed by atoms with E-state index in [1.54, 1.807) is 6.07 Å². The Balaban J connectivity index is 1.67. The van der Waals surface area contributed by atoms with Gasteiger partial charge in [-0.3, -0.25) is 4.79 Å². The summed E-state index contributed by atoms with van der Waals surface area (Å²) in [6, 6.07) is 11.4. The largest absolute Gasteiger partial charge is 0.350 e. The van der Waals surface area contributed by atoms with Gasteiger partial charge in [0.05, 0.1) is 0 Å². The Bertz CT molecular complexity index is 578. The maximum absolute atomic E-state index is 12.0. The van der Waals surface area contributed by atoms with Gasteiger partial charge in [0.2, 0.25) is 5.76 Å². The van der Waals surface area contributed by atoms with E-state index >= 15 is 0 Å². The van der Waals surface area contributed by atoms with Gasteiger partial charge >= 0.3 is 0 Å². The van der Waals surface area contributed by atoms with E-state index in [9.17, 15) is 4.79 Å². The number of unbranched alkanes of at least 4 members (excludes halogenated alkanes) is 6. The molecule has 0 radical (unpaired) electrons. The lowest BCUT2D eigenvalue weighted by Crippen LogP contribution is -2.23. The molecule has 0 atom stereocenters. The fourth-order valence-corrected chi connectivity index (χ4v) is 2.50. The van der Waals surface area contributed by atoms with E-state index < -0.39 is 0 Å². The first-order valence-corrected chi connectivity index (χ1v) is 8.61. The van der Waals surface area contributed by atoms with E-state index in [0.29, 0.717) is 12.2 Å². The molecule has 0 aliphatic carbocycles. The molecule has 23 heavy (non-hydrogen) atoms. The molecule has 4 heteroatoms. The third-order valence-corrected chi connectivity index (χ3v) is 3.87. The van der Waals surface area contributed by atoms with Crippen molar-refractivity contribution in [3.8, 4) is 11.3 Å². The van der Waals surface area contributed by atoms with Gasteiger partial charge in [0.25, 0.3) is 5.91 Å².